The lowest BCUT2D eigenvalue weighted by Gasteiger charge is -2.13. The van der Waals surface area contributed by atoms with Crippen molar-refractivity contribution in [2.75, 3.05) is 0 Å². The molecule has 1 unspecified atom stereocenters. The molecule has 0 heterocycles. The molecule has 0 aliphatic heterocycles. The maximum Gasteiger partial charge on any atom is 0.161 e. The average molecular weight is 228 g/mol. The molecule has 17 heavy (non-hydrogen) atoms. The van der Waals surface area contributed by atoms with Crippen molar-refractivity contribution in [1.29, 1.82) is 0 Å². The number of phenols is 2. The van der Waals surface area contributed by atoms with E-state index in [1.165, 1.54) is 6.07 Å². The Morgan fingerprint density at radius 3 is 2.29 bits per heavy atom. The Labute approximate surface area is 99.0 Å². The van der Waals surface area contributed by atoms with E-state index < -0.39 is 5.92 Å². The van der Waals surface area contributed by atoms with Crippen molar-refractivity contribution in [2.45, 2.75) is 5.92 Å². The summed E-state index contributed by atoms with van der Waals surface area (Å²) >= 11 is 0. The first kappa shape index (κ1) is 11.2. The van der Waals surface area contributed by atoms with Crippen LogP contribution in [0.2, 0.25) is 0 Å². The summed E-state index contributed by atoms with van der Waals surface area (Å²) in [5, 5.41) is 19.2. The molecule has 0 saturated heterocycles. The van der Waals surface area contributed by atoms with Crippen LogP contribution in [0, 0.1) is 0 Å². The van der Waals surface area contributed by atoms with Crippen LogP contribution in [-0.2, 0) is 4.79 Å². The van der Waals surface area contributed by atoms with E-state index in [0.717, 1.165) is 11.8 Å². The zero-order valence-corrected chi connectivity index (χ0v) is 9.08. The van der Waals surface area contributed by atoms with Crippen LogP contribution in [-0.4, -0.2) is 16.5 Å². The van der Waals surface area contributed by atoms with Crippen LogP contribution >= 0.6 is 0 Å². The fourth-order valence-corrected chi connectivity index (χ4v) is 1.79. The Morgan fingerprint density at radius 1 is 0.941 bits per heavy atom. The molecule has 0 radical (unpaired) electrons. The smallest absolute Gasteiger partial charge is 0.161 e. The standard InChI is InChI=1S/C14H12O3/c15-9-12(10-5-2-1-3-6-10)11-7-4-8-13(16)14(11)17/h1-9,12,16-17H. The number of aldehydes is 1. The van der Waals surface area contributed by atoms with Gasteiger partial charge in [-0.05, 0) is 11.6 Å². The quantitative estimate of drug-likeness (QED) is 0.626. The molecule has 86 valence electrons. The van der Waals surface area contributed by atoms with Crippen molar-refractivity contribution in [2.24, 2.45) is 0 Å². The van der Waals surface area contributed by atoms with Crippen molar-refractivity contribution in [3.8, 4) is 11.5 Å². The van der Waals surface area contributed by atoms with Gasteiger partial charge in [-0.25, -0.2) is 0 Å². The Hall–Kier alpha value is -2.29. The van der Waals surface area contributed by atoms with Crippen LogP contribution in [0.1, 0.15) is 17.0 Å². The maximum absolute atomic E-state index is 11.2. The van der Waals surface area contributed by atoms with E-state index in [-0.39, 0.29) is 11.5 Å². The summed E-state index contributed by atoms with van der Waals surface area (Å²) in [6.45, 7) is 0. The highest BCUT2D eigenvalue weighted by Crippen LogP contribution is 2.35. The number of carbonyl (C=O) groups is 1. The second kappa shape index (κ2) is 4.70. The SMILES string of the molecule is O=CC(c1ccccc1)c1cccc(O)c1O. The van der Waals surface area contributed by atoms with Gasteiger partial charge < -0.3 is 15.0 Å². The van der Waals surface area contributed by atoms with Gasteiger partial charge in [-0.2, -0.15) is 0 Å². The maximum atomic E-state index is 11.2. The summed E-state index contributed by atoms with van der Waals surface area (Å²) in [5.41, 5.74) is 1.19. The van der Waals surface area contributed by atoms with Crippen LogP contribution in [0.5, 0.6) is 11.5 Å². The first-order valence-electron chi connectivity index (χ1n) is 5.25. The summed E-state index contributed by atoms with van der Waals surface area (Å²) in [5.74, 6) is -1.03. The Bertz CT molecular complexity index is 520. The topological polar surface area (TPSA) is 57.5 Å². The van der Waals surface area contributed by atoms with E-state index >= 15 is 0 Å². The number of para-hydroxylation sites is 1. The van der Waals surface area contributed by atoms with Gasteiger partial charge in [0.2, 0.25) is 0 Å². The molecule has 0 aliphatic rings. The minimum Gasteiger partial charge on any atom is -0.504 e. The minimum absolute atomic E-state index is 0.217. The molecule has 2 N–H and O–H groups in total. The molecule has 0 aliphatic carbocycles. The van der Waals surface area contributed by atoms with Gasteiger partial charge in [-0.3, -0.25) is 0 Å². The summed E-state index contributed by atoms with van der Waals surface area (Å²) in [7, 11) is 0. The lowest BCUT2D eigenvalue weighted by molar-refractivity contribution is -0.108. The predicted octanol–water partition coefficient (Wildman–Crippen LogP) is 2.43. The molecular formula is C14H12O3. The van der Waals surface area contributed by atoms with Gasteiger partial charge in [0.25, 0.3) is 0 Å². The van der Waals surface area contributed by atoms with Crippen LogP contribution < -0.4 is 0 Å². The van der Waals surface area contributed by atoms with E-state index in [2.05, 4.69) is 0 Å². The average Bonchev–Trinajstić information content (AvgIpc) is 2.37. The first-order valence-corrected chi connectivity index (χ1v) is 5.25. The predicted molar refractivity (Wildman–Crippen MR) is 64.1 cm³/mol. The molecule has 0 spiro atoms. The molecule has 2 aromatic carbocycles. The summed E-state index contributed by atoms with van der Waals surface area (Å²) in [4.78, 5) is 11.2. The summed E-state index contributed by atoms with van der Waals surface area (Å²) in [6.07, 6.45) is 0.754. The molecule has 2 rings (SSSR count). The third-order valence-corrected chi connectivity index (χ3v) is 2.68. The fourth-order valence-electron chi connectivity index (χ4n) is 1.79. The summed E-state index contributed by atoms with van der Waals surface area (Å²) < 4.78 is 0. The Morgan fingerprint density at radius 2 is 1.65 bits per heavy atom. The fraction of sp³-hybridized carbons (Fsp3) is 0.0714. The number of hydrogen-bond acceptors (Lipinski definition) is 3. The van der Waals surface area contributed by atoms with Gasteiger partial charge in [0.15, 0.2) is 11.5 Å². The monoisotopic (exact) mass is 228 g/mol. The molecule has 0 amide bonds. The van der Waals surface area contributed by atoms with Crippen LogP contribution in [0.3, 0.4) is 0 Å². The molecule has 0 fully saturated rings. The van der Waals surface area contributed by atoms with E-state index in [4.69, 9.17) is 0 Å². The third kappa shape index (κ3) is 2.13. The normalized spacial score (nSPS) is 12.0. The van der Waals surface area contributed by atoms with Crippen LogP contribution in [0.4, 0.5) is 0 Å². The molecule has 0 bridgehead atoms. The zero-order valence-electron chi connectivity index (χ0n) is 9.08. The van der Waals surface area contributed by atoms with Gasteiger partial charge in [0.05, 0.1) is 5.92 Å². The first-order chi connectivity index (χ1) is 8.24. The number of rotatable bonds is 3. The molecule has 0 aromatic heterocycles. The second-order valence-corrected chi connectivity index (χ2v) is 3.74. The zero-order chi connectivity index (χ0) is 12.3. The third-order valence-electron chi connectivity index (χ3n) is 2.68. The van der Waals surface area contributed by atoms with Crippen molar-refractivity contribution >= 4 is 6.29 Å². The van der Waals surface area contributed by atoms with Crippen molar-refractivity contribution in [3.05, 3.63) is 59.7 Å². The van der Waals surface area contributed by atoms with Crippen molar-refractivity contribution < 1.29 is 15.0 Å². The minimum atomic E-state index is -0.566. The summed E-state index contributed by atoms with van der Waals surface area (Å²) in [6, 6.07) is 13.7. The lowest BCUT2D eigenvalue weighted by atomic mass is 9.92. The molecule has 2 aromatic rings. The molecule has 0 saturated carbocycles. The van der Waals surface area contributed by atoms with Gasteiger partial charge in [0.1, 0.15) is 6.29 Å². The van der Waals surface area contributed by atoms with Crippen LogP contribution in [0.15, 0.2) is 48.5 Å². The largest absolute Gasteiger partial charge is 0.504 e. The number of hydrogen-bond donors (Lipinski definition) is 2. The highest BCUT2D eigenvalue weighted by Gasteiger charge is 2.18. The number of benzene rings is 2. The van der Waals surface area contributed by atoms with Crippen molar-refractivity contribution in [3.63, 3.8) is 0 Å². The van der Waals surface area contributed by atoms with E-state index in [1.54, 1.807) is 12.1 Å². The van der Waals surface area contributed by atoms with E-state index in [9.17, 15) is 15.0 Å². The molecular weight excluding hydrogens is 216 g/mol. The Kier molecular flexibility index (Phi) is 3.10. The lowest BCUT2D eigenvalue weighted by Crippen LogP contribution is -2.02. The molecule has 3 nitrogen and oxygen atoms in total. The number of aromatic hydroxyl groups is 2. The van der Waals surface area contributed by atoms with Crippen molar-refractivity contribution in [1.82, 2.24) is 0 Å². The van der Waals surface area contributed by atoms with E-state index in [0.29, 0.717) is 5.56 Å². The van der Waals surface area contributed by atoms with Gasteiger partial charge in [0, 0.05) is 5.56 Å². The highest BCUT2D eigenvalue weighted by atomic mass is 16.3. The van der Waals surface area contributed by atoms with Gasteiger partial charge in [-0.1, -0.05) is 42.5 Å². The van der Waals surface area contributed by atoms with E-state index in [1.807, 2.05) is 30.3 Å². The second-order valence-electron chi connectivity index (χ2n) is 3.74. The van der Waals surface area contributed by atoms with Gasteiger partial charge in [-0.15, -0.1) is 0 Å². The molecule has 3 heteroatoms. The molecule has 1 atom stereocenters. The highest BCUT2D eigenvalue weighted by molar-refractivity contribution is 5.71. The van der Waals surface area contributed by atoms with Crippen LogP contribution in [0.25, 0.3) is 0 Å². The number of carbonyl (C=O) groups excluding carboxylic acids is 1. The number of phenolic OH excluding ortho intramolecular Hbond substituents is 2. The Balaban J connectivity index is 2.50. The van der Waals surface area contributed by atoms with Gasteiger partial charge >= 0.3 is 0 Å².